The fourth-order valence-electron chi connectivity index (χ4n) is 2.93. The highest BCUT2D eigenvalue weighted by Crippen LogP contribution is 2.24. The summed E-state index contributed by atoms with van der Waals surface area (Å²) in [6, 6.07) is 18.2. The summed E-state index contributed by atoms with van der Waals surface area (Å²) in [7, 11) is 0. The Kier molecular flexibility index (Phi) is 10.4. The van der Waals surface area contributed by atoms with Crippen LogP contribution in [0.25, 0.3) is 0 Å². The highest BCUT2D eigenvalue weighted by atomic mass is 79.9. The maximum Gasteiger partial charge on any atom is 0.133 e. The summed E-state index contributed by atoms with van der Waals surface area (Å²) in [6.07, 6.45) is -0.486. The van der Waals surface area contributed by atoms with Gasteiger partial charge in [-0.3, -0.25) is 4.90 Å². The van der Waals surface area contributed by atoms with E-state index in [1.54, 1.807) is 0 Å². The zero-order valence-corrected chi connectivity index (χ0v) is 17.7. The standard InChI is InChI=1S/C19H23BrN2O2.2ClH/c20-18-8-4-5-9-19(18)24-15-17(23)14-21-10-12-22(13-11-21)16-6-2-1-3-7-16;;/h1-9,17,23H,10-15H2;2*1H. The zero-order valence-electron chi connectivity index (χ0n) is 14.5. The van der Waals surface area contributed by atoms with Crippen molar-refractivity contribution in [3.8, 4) is 5.75 Å². The lowest BCUT2D eigenvalue weighted by atomic mass is 10.2. The first-order valence-electron chi connectivity index (χ1n) is 8.30. The summed E-state index contributed by atoms with van der Waals surface area (Å²) < 4.78 is 6.61. The van der Waals surface area contributed by atoms with Crippen LogP contribution < -0.4 is 9.64 Å². The second-order valence-corrected chi connectivity index (χ2v) is 6.87. The summed E-state index contributed by atoms with van der Waals surface area (Å²) in [6.45, 7) is 4.85. The molecule has 26 heavy (non-hydrogen) atoms. The first-order valence-corrected chi connectivity index (χ1v) is 9.09. The second-order valence-electron chi connectivity index (χ2n) is 6.02. The summed E-state index contributed by atoms with van der Waals surface area (Å²) in [4.78, 5) is 4.69. The number of aliphatic hydroxyl groups is 1. The molecule has 3 rings (SSSR count). The monoisotopic (exact) mass is 462 g/mol. The Morgan fingerprint density at radius 2 is 1.54 bits per heavy atom. The van der Waals surface area contributed by atoms with Gasteiger partial charge in [0.05, 0.1) is 4.47 Å². The maximum atomic E-state index is 10.2. The number of hydrogen-bond acceptors (Lipinski definition) is 4. The van der Waals surface area contributed by atoms with Crippen LogP contribution in [0.2, 0.25) is 0 Å². The van der Waals surface area contributed by atoms with Crippen molar-refractivity contribution in [2.75, 3.05) is 44.2 Å². The minimum Gasteiger partial charge on any atom is -0.490 e. The molecular weight excluding hydrogens is 439 g/mol. The average Bonchev–Trinajstić information content (AvgIpc) is 2.62. The zero-order chi connectivity index (χ0) is 16.8. The molecule has 0 bridgehead atoms. The van der Waals surface area contributed by atoms with Gasteiger partial charge in [-0.2, -0.15) is 0 Å². The molecule has 144 valence electrons. The van der Waals surface area contributed by atoms with Gasteiger partial charge in [0.1, 0.15) is 18.5 Å². The summed E-state index contributed by atoms with van der Waals surface area (Å²) in [5.74, 6) is 0.769. The molecule has 0 aliphatic carbocycles. The average molecular weight is 464 g/mol. The van der Waals surface area contributed by atoms with Crippen molar-refractivity contribution in [1.29, 1.82) is 0 Å². The molecule has 1 aliphatic heterocycles. The van der Waals surface area contributed by atoms with Gasteiger partial charge in [-0.1, -0.05) is 30.3 Å². The molecule has 1 heterocycles. The number of para-hydroxylation sites is 2. The molecule has 0 saturated carbocycles. The molecule has 0 aromatic heterocycles. The molecule has 1 atom stereocenters. The van der Waals surface area contributed by atoms with E-state index in [9.17, 15) is 5.11 Å². The van der Waals surface area contributed by atoms with Crippen LogP contribution in [-0.4, -0.2) is 55.4 Å². The number of nitrogens with zero attached hydrogens (tertiary/aromatic N) is 2. The molecular formula is C19H25BrCl2N2O2. The van der Waals surface area contributed by atoms with Crippen LogP contribution in [0.4, 0.5) is 5.69 Å². The molecule has 0 amide bonds. The molecule has 0 radical (unpaired) electrons. The fourth-order valence-corrected chi connectivity index (χ4v) is 3.33. The predicted molar refractivity (Wildman–Crippen MR) is 115 cm³/mol. The van der Waals surface area contributed by atoms with Crippen LogP contribution in [0.3, 0.4) is 0 Å². The first-order chi connectivity index (χ1) is 11.7. The number of ether oxygens (including phenoxy) is 1. The van der Waals surface area contributed by atoms with Gasteiger partial charge in [0, 0.05) is 38.4 Å². The Morgan fingerprint density at radius 3 is 2.19 bits per heavy atom. The van der Waals surface area contributed by atoms with Crippen LogP contribution >= 0.6 is 40.7 Å². The normalized spacial score (nSPS) is 15.5. The number of anilines is 1. The van der Waals surface area contributed by atoms with Crippen LogP contribution in [0.15, 0.2) is 59.1 Å². The Morgan fingerprint density at radius 1 is 0.923 bits per heavy atom. The molecule has 1 fully saturated rings. The third-order valence-electron chi connectivity index (χ3n) is 4.23. The molecule has 4 nitrogen and oxygen atoms in total. The Balaban J connectivity index is 0.00000169. The van der Waals surface area contributed by atoms with Gasteiger partial charge in [-0.25, -0.2) is 0 Å². The van der Waals surface area contributed by atoms with Crippen molar-refractivity contribution < 1.29 is 9.84 Å². The number of β-amino-alcohol motifs (C(OH)–C–C–N with tert-alkyl or cyclic N) is 1. The number of rotatable bonds is 6. The van der Waals surface area contributed by atoms with E-state index >= 15 is 0 Å². The Hall–Kier alpha value is -0.980. The van der Waals surface area contributed by atoms with E-state index in [2.05, 4.69) is 50.0 Å². The van der Waals surface area contributed by atoms with Crippen LogP contribution in [0, 0.1) is 0 Å². The van der Waals surface area contributed by atoms with Crippen LogP contribution in [0.1, 0.15) is 0 Å². The summed E-state index contributed by atoms with van der Waals surface area (Å²) in [5, 5.41) is 10.2. The molecule has 2 aromatic carbocycles. The van der Waals surface area contributed by atoms with Crippen LogP contribution in [0.5, 0.6) is 5.75 Å². The highest BCUT2D eigenvalue weighted by Gasteiger charge is 2.19. The summed E-state index contributed by atoms with van der Waals surface area (Å²) >= 11 is 3.45. The topological polar surface area (TPSA) is 35.9 Å². The van der Waals surface area contributed by atoms with Crippen molar-refractivity contribution in [1.82, 2.24) is 4.90 Å². The highest BCUT2D eigenvalue weighted by molar-refractivity contribution is 9.10. The van der Waals surface area contributed by atoms with Gasteiger partial charge < -0.3 is 14.7 Å². The molecule has 1 unspecified atom stereocenters. The molecule has 1 saturated heterocycles. The van der Waals surface area contributed by atoms with Gasteiger partial charge in [0.25, 0.3) is 0 Å². The third-order valence-corrected chi connectivity index (χ3v) is 4.89. The molecule has 2 aromatic rings. The summed E-state index contributed by atoms with van der Waals surface area (Å²) in [5.41, 5.74) is 1.27. The minimum atomic E-state index is -0.486. The molecule has 0 spiro atoms. The molecule has 1 aliphatic rings. The minimum absolute atomic E-state index is 0. The number of hydrogen-bond donors (Lipinski definition) is 1. The van der Waals surface area contributed by atoms with E-state index in [1.807, 2.05) is 30.3 Å². The van der Waals surface area contributed by atoms with Gasteiger partial charge in [-0.05, 0) is 40.2 Å². The van der Waals surface area contributed by atoms with Crippen molar-refractivity contribution >= 4 is 46.4 Å². The maximum absolute atomic E-state index is 10.2. The lowest BCUT2D eigenvalue weighted by Gasteiger charge is -2.36. The SMILES string of the molecule is Cl.Cl.OC(COc1ccccc1Br)CN1CCN(c2ccccc2)CC1. The first kappa shape index (κ1) is 23.1. The van der Waals surface area contributed by atoms with Gasteiger partial charge in [0.2, 0.25) is 0 Å². The largest absolute Gasteiger partial charge is 0.490 e. The fraction of sp³-hybridized carbons (Fsp3) is 0.368. The predicted octanol–water partition coefficient (Wildman–Crippen LogP) is 3.85. The smallest absolute Gasteiger partial charge is 0.133 e. The van der Waals surface area contributed by atoms with Crippen molar-refractivity contribution in [2.45, 2.75) is 6.10 Å². The Bertz CT molecular complexity index is 640. The Labute approximate surface area is 176 Å². The number of benzene rings is 2. The van der Waals surface area contributed by atoms with E-state index in [1.165, 1.54) is 5.69 Å². The number of aliphatic hydroxyl groups excluding tert-OH is 1. The molecule has 1 N–H and O–H groups in total. The van der Waals surface area contributed by atoms with Crippen molar-refractivity contribution in [3.63, 3.8) is 0 Å². The van der Waals surface area contributed by atoms with E-state index in [-0.39, 0.29) is 24.8 Å². The second kappa shape index (κ2) is 11.7. The lowest BCUT2D eigenvalue weighted by Crippen LogP contribution is -2.49. The van der Waals surface area contributed by atoms with E-state index in [0.29, 0.717) is 13.2 Å². The quantitative estimate of drug-likeness (QED) is 0.705. The van der Waals surface area contributed by atoms with Crippen molar-refractivity contribution in [3.05, 3.63) is 59.1 Å². The van der Waals surface area contributed by atoms with E-state index in [4.69, 9.17) is 4.74 Å². The number of piperazine rings is 1. The van der Waals surface area contributed by atoms with E-state index in [0.717, 1.165) is 36.4 Å². The van der Waals surface area contributed by atoms with Gasteiger partial charge in [0.15, 0.2) is 0 Å². The van der Waals surface area contributed by atoms with Gasteiger partial charge in [-0.15, -0.1) is 24.8 Å². The van der Waals surface area contributed by atoms with E-state index < -0.39 is 6.10 Å². The lowest BCUT2D eigenvalue weighted by molar-refractivity contribution is 0.0660. The molecule has 7 heteroatoms. The van der Waals surface area contributed by atoms with Gasteiger partial charge >= 0.3 is 0 Å². The van der Waals surface area contributed by atoms with Crippen molar-refractivity contribution in [2.24, 2.45) is 0 Å². The third kappa shape index (κ3) is 6.63. The van der Waals surface area contributed by atoms with Crippen LogP contribution in [-0.2, 0) is 0 Å². The number of halogens is 3.